The van der Waals surface area contributed by atoms with E-state index >= 15 is 0 Å². The third kappa shape index (κ3) is 4.22. The van der Waals surface area contributed by atoms with Gasteiger partial charge in [0.05, 0.1) is 5.69 Å². The maximum absolute atomic E-state index is 4.37. The first-order valence-corrected chi connectivity index (χ1v) is 6.89. The summed E-state index contributed by atoms with van der Waals surface area (Å²) >= 11 is 6.83. The second-order valence-electron chi connectivity index (χ2n) is 3.69. The fourth-order valence-electron chi connectivity index (χ4n) is 1.53. The second kappa shape index (κ2) is 6.28. The standard InChI is InChI=1S/C13H12Br2N2/c14-11-4-1-3-10(7-11)8-16-9-12-5-2-6-13(15)17-12/h1-7,16H,8-9H2. The topological polar surface area (TPSA) is 24.9 Å². The van der Waals surface area contributed by atoms with Crippen LogP contribution in [-0.2, 0) is 13.1 Å². The Morgan fingerprint density at radius 1 is 1.00 bits per heavy atom. The minimum absolute atomic E-state index is 0.770. The molecule has 1 heterocycles. The van der Waals surface area contributed by atoms with E-state index < -0.39 is 0 Å². The van der Waals surface area contributed by atoms with E-state index in [1.165, 1.54) is 5.56 Å². The van der Waals surface area contributed by atoms with Crippen molar-refractivity contribution in [2.75, 3.05) is 0 Å². The highest BCUT2D eigenvalue weighted by molar-refractivity contribution is 9.10. The first-order chi connectivity index (χ1) is 8.24. The van der Waals surface area contributed by atoms with E-state index in [4.69, 9.17) is 0 Å². The Hall–Kier alpha value is -0.710. The Bertz CT molecular complexity index is 455. The van der Waals surface area contributed by atoms with Gasteiger partial charge in [0, 0.05) is 17.6 Å². The van der Waals surface area contributed by atoms with Crippen molar-refractivity contribution in [3.05, 3.63) is 62.8 Å². The van der Waals surface area contributed by atoms with E-state index in [1.807, 2.05) is 30.3 Å². The van der Waals surface area contributed by atoms with Gasteiger partial charge in [0.1, 0.15) is 4.60 Å². The lowest BCUT2D eigenvalue weighted by atomic mass is 10.2. The van der Waals surface area contributed by atoms with E-state index in [-0.39, 0.29) is 0 Å². The van der Waals surface area contributed by atoms with Crippen LogP contribution in [0.3, 0.4) is 0 Å². The summed E-state index contributed by atoms with van der Waals surface area (Å²) in [5, 5.41) is 3.37. The molecule has 0 fully saturated rings. The molecule has 0 atom stereocenters. The van der Waals surface area contributed by atoms with Crippen LogP contribution in [0.4, 0.5) is 0 Å². The molecule has 88 valence electrons. The van der Waals surface area contributed by atoms with Crippen LogP contribution in [0.2, 0.25) is 0 Å². The fourth-order valence-corrected chi connectivity index (χ4v) is 2.36. The highest BCUT2D eigenvalue weighted by Gasteiger charge is 1.97. The quantitative estimate of drug-likeness (QED) is 0.841. The maximum Gasteiger partial charge on any atom is 0.106 e. The third-order valence-electron chi connectivity index (χ3n) is 2.30. The molecule has 0 radical (unpaired) electrons. The van der Waals surface area contributed by atoms with Crippen molar-refractivity contribution in [1.29, 1.82) is 0 Å². The number of aromatic nitrogens is 1. The van der Waals surface area contributed by atoms with Crippen LogP contribution in [-0.4, -0.2) is 4.98 Å². The van der Waals surface area contributed by atoms with Crippen LogP contribution in [0.25, 0.3) is 0 Å². The van der Waals surface area contributed by atoms with Gasteiger partial charge in [0.2, 0.25) is 0 Å². The Labute approximate surface area is 118 Å². The Kier molecular flexibility index (Phi) is 4.71. The molecule has 0 spiro atoms. The normalized spacial score (nSPS) is 10.5. The lowest BCUT2D eigenvalue weighted by Gasteiger charge is -2.05. The van der Waals surface area contributed by atoms with Crippen molar-refractivity contribution >= 4 is 31.9 Å². The van der Waals surface area contributed by atoms with Gasteiger partial charge in [0.15, 0.2) is 0 Å². The number of benzene rings is 1. The van der Waals surface area contributed by atoms with E-state index in [0.717, 1.165) is 27.9 Å². The Morgan fingerprint density at radius 3 is 2.59 bits per heavy atom. The highest BCUT2D eigenvalue weighted by atomic mass is 79.9. The van der Waals surface area contributed by atoms with Gasteiger partial charge in [-0.2, -0.15) is 0 Å². The van der Waals surface area contributed by atoms with E-state index in [1.54, 1.807) is 0 Å². The summed E-state index contributed by atoms with van der Waals surface area (Å²) in [5.74, 6) is 0. The molecule has 0 bridgehead atoms. The maximum atomic E-state index is 4.37. The van der Waals surface area contributed by atoms with Gasteiger partial charge in [-0.05, 0) is 45.8 Å². The minimum Gasteiger partial charge on any atom is -0.307 e. The van der Waals surface area contributed by atoms with Crippen molar-refractivity contribution in [1.82, 2.24) is 10.3 Å². The van der Waals surface area contributed by atoms with Crippen LogP contribution in [0.15, 0.2) is 51.5 Å². The molecule has 1 aromatic heterocycles. The molecule has 17 heavy (non-hydrogen) atoms. The van der Waals surface area contributed by atoms with Gasteiger partial charge < -0.3 is 5.32 Å². The van der Waals surface area contributed by atoms with Crippen molar-refractivity contribution in [3.63, 3.8) is 0 Å². The number of nitrogens with zero attached hydrogens (tertiary/aromatic N) is 1. The molecule has 0 aliphatic carbocycles. The number of nitrogens with one attached hydrogen (secondary N) is 1. The lowest BCUT2D eigenvalue weighted by molar-refractivity contribution is 0.678. The van der Waals surface area contributed by atoms with Crippen LogP contribution < -0.4 is 5.32 Å². The fraction of sp³-hybridized carbons (Fsp3) is 0.154. The first-order valence-electron chi connectivity index (χ1n) is 5.30. The number of rotatable bonds is 4. The third-order valence-corrected chi connectivity index (χ3v) is 3.23. The van der Waals surface area contributed by atoms with Gasteiger partial charge in [-0.3, -0.25) is 0 Å². The lowest BCUT2D eigenvalue weighted by Crippen LogP contribution is -2.13. The Balaban J connectivity index is 1.87. The summed E-state index contributed by atoms with van der Waals surface area (Å²) in [6.07, 6.45) is 0. The molecular formula is C13H12Br2N2. The smallest absolute Gasteiger partial charge is 0.106 e. The summed E-state index contributed by atoms with van der Waals surface area (Å²) < 4.78 is 1.98. The zero-order chi connectivity index (χ0) is 12.1. The zero-order valence-corrected chi connectivity index (χ0v) is 12.3. The van der Waals surface area contributed by atoms with E-state index in [9.17, 15) is 0 Å². The van der Waals surface area contributed by atoms with Crippen LogP contribution in [0.1, 0.15) is 11.3 Å². The molecule has 0 saturated heterocycles. The van der Waals surface area contributed by atoms with Gasteiger partial charge in [-0.25, -0.2) is 4.98 Å². The van der Waals surface area contributed by atoms with Crippen molar-refractivity contribution in [2.24, 2.45) is 0 Å². The molecule has 0 aliphatic heterocycles. The molecular weight excluding hydrogens is 344 g/mol. The van der Waals surface area contributed by atoms with Gasteiger partial charge in [-0.1, -0.05) is 34.1 Å². The number of hydrogen-bond donors (Lipinski definition) is 1. The predicted octanol–water partition coefficient (Wildman–Crippen LogP) is 3.90. The van der Waals surface area contributed by atoms with Gasteiger partial charge in [-0.15, -0.1) is 0 Å². The summed E-state index contributed by atoms with van der Waals surface area (Å²) in [6.45, 7) is 1.61. The van der Waals surface area contributed by atoms with Crippen LogP contribution >= 0.6 is 31.9 Å². The number of pyridine rings is 1. The summed E-state index contributed by atoms with van der Waals surface area (Å²) in [6, 6.07) is 14.2. The van der Waals surface area contributed by atoms with Crippen molar-refractivity contribution in [3.8, 4) is 0 Å². The molecule has 1 aromatic carbocycles. The van der Waals surface area contributed by atoms with Crippen LogP contribution in [0, 0.1) is 0 Å². The number of halogens is 2. The van der Waals surface area contributed by atoms with E-state index in [0.29, 0.717) is 0 Å². The molecule has 2 nitrogen and oxygen atoms in total. The molecule has 4 heteroatoms. The molecule has 0 aliphatic rings. The second-order valence-corrected chi connectivity index (χ2v) is 5.41. The van der Waals surface area contributed by atoms with E-state index in [2.05, 4.69) is 54.3 Å². The first kappa shape index (κ1) is 12.7. The highest BCUT2D eigenvalue weighted by Crippen LogP contribution is 2.11. The summed E-state index contributed by atoms with van der Waals surface area (Å²) in [7, 11) is 0. The molecule has 0 unspecified atom stereocenters. The average Bonchev–Trinajstić information content (AvgIpc) is 2.29. The average molecular weight is 356 g/mol. The van der Waals surface area contributed by atoms with Crippen molar-refractivity contribution < 1.29 is 0 Å². The SMILES string of the molecule is Brc1cccc(CNCc2cccc(Br)n2)c1. The molecule has 1 N–H and O–H groups in total. The zero-order valence-electron chi connectivity index (χ0n) is 9.16. The molecule has 2 aromatic rings. The molecule has 2 rings (SSSR count). The molecule has 0 saturated carbocycles. The number of hydrogen-bond acceptors (Lipinski definition) is 2. The van der Waals surface area contributed by atoms with Gasteiger partial charge in [0.25, 0.3) is 0 Å². The minimum atomic E-state index is 0.770. The largest absolute Gasteiger partial charge is 0.307 e. The predicted molar refractivity (Wildman–Crippen MR) is 76.6 cm³/mol. The van der Waals surface area contributed by atoms with Crippen LogP contribution in [0.5, 0.6) is 0 Å². The Morgan fingerprint density at radius 2 is 1.82 bits per heavy atom. The van der Waals surface area contributed by atoms with Gasteiger partial charge >= 0.3 is 0 Å². The summed E-state index contributed by atoms with van der Waals surface area (Å²) in [5.41, 5.74) is 2.30. The monoisotopic (exact) mass is 354 g/mol. The summed E-state index contributed by atoms with van der Waals surface area (Å²) in [4.78, 5) is 4.37. The van der Waals surface area contributed by atoms with Crippen molar-refractivity contribution in [2.45, 2.75) is 13.1 Å². The molecule has 0 amide bonds.